The van der Waals surface area contributed by atoms with Crippen molar-refractivity contribution in [3.63, 3.8) is 0 Å². The van der Waals surface area contributed by atoms with Crippen LogP contribution in [0.4, 0.5) is 0 Å². The van der Waals surface area contributed by atoms with Crippen molar-refractivity contribution in [3.05, 3.63) is 42.0 Å². The van der Waals surface area contributed by atoms with Gasteiger partial charge in [0.1, 0.15) is 5.75 Å². The summed E-state index contributed by atoms with van der Waals surface area (Å²) in [6.45, 7) is 0.175. The molecule has 5 heteroatoms. The van der Waals surface area contributed by atoms with Crippen molar-refractivity contribution in [2.75, 3.05) is 20.7 Å². The Hall–Kier alpha value is -2.56. The zero-order valence-electron chi connectivity index (χ0n) is 12.0. The van der Waals surface area contributed by atoms with E-state index < -0.39 is 5.97 Å². The van der Waals surface area contributed by atoms with E-state index >= 15 is 0 Å². The lowest BCUT2D eigenvalue weighted by molar-refractivity contribution is -0.137. The molecule has 0 fully saturated rings. The number of carboxylic acid groups (broad SMARTS) is 1. The van der Waals surface area contributed by atoms with Gasteiger partial charge in [0.25, 0.3) is 5.91 Å². The minimum absolute atomic E-state index is 0.0731. The van der Waals surface area contributed by atoms with E-state index in [0.717, 1.165) is 10.8 Å². The minimum Gasteiger partial charge on any atom is -0.496 e. The van der Waals surface area contributed by atoms with E-state index in [1.54, 1.807) is 26.3 Å². The monoisotopic (exact) mass is 287 g/mol. The first kappa shape index (κ1) is 14.8. The molecule has 0 aliphatic carbocycles. The number of nitrogens with zero attached hydrogens (tertiary/aromatic N) is 1. The number of rotatable bonds is 5. The molecule has 0 unspecified atom stereocenters. The third kappa shape index (κ3) is 3.13. The van der Waals surface area contributed by atoms with Crippen LogP contribution in [-0.4, -0.2) is 42.6 Å². The molecule has 0 aliphatic heterocycles. The smallest absolute Gasteiger partial charge is 0.305 e. The molecule has 0 bridgehead atoms. The van der Waals surface area contributed by atoms with Gasteiger partial charge in [0.15, 0.2) is 0 Å². The van der Waals surface area contributed by atoms with Crippen LogP contribution in [0.25, 0.3) is 10.8 Å². The lowest BCUT2D eigenvalue weighted by Crippen LogP contribution is -2.29. The van der Waals surface area contributed by atoms with Gasteiger partial charge in [0, 0.05) is 24.5 Å². The molecule has 2 rings (SSSR count). The van der Waals surface area contributed by atoms with Gasteiger partial charge in [-0.3, -0.25) is 9.59 Å². The maximum absolute atomic E-state index is 12.5. The fourth-order valence-electron chi connectivity index (χ4n) is 2.21. The van der Waals surface area contributed by atoms with Crippen LogP contribution in [0.3, 0.4) is 0 Å². The zero-order valence-corrected chi connectivity index (χ0v) is 12.0. The lowest BCUT2D eigenvalue weighted by atomic mass is 10.0. The second kappa shape index (κ2) is 6.26. The third-order valence-corrected chi connectivity index (χ3v) is 3.34. The topological polar surface area (TPSA) is 66.8 Å². The van der Waals surface area contributed by atoms with E-state index in [1.165, 1.54) is 4.90 Å². The van der Waals surface area contributed by atoms with Crippen LogP contribution in [0.5, 0.6) is 5.75 Å². The SMILES string of the molecule is COc1ccc(C(=O)N(C)CCC(=O)O)c2ccccc12. The maximum Gasteiger partial charge on any atom is 0.305 e. The molecule has 0 saturated heterocycles. The number of fused-ring (bicyclic) bond motifs is 1. The number of carbonyl (C=O) groups excluding carboxylic acids is 1. The number of hydrogen-bond acceptors (Lipinski definition) is 3. The summed E-state index contributed by atoms with van der Waals surface area (Å²) in [5.74, 6) is -0.417. The first-order valence-electron chi connectivity index (χ1n) is 6.57. The molecule has 5 nitrogen and oxygen atoms in total. The molecule has 0 aliphatic rings. The fraction of sp³-hybridized carbons (Fsp3) is 0.250. The fourth-order valence-corrected chi connectivity index (χ4v) is 2.21. The average Bonchev–Trinajstić information content (AvgIpc) is 2.50. The van der Waals surface area contributed by atoms with Crippen LogP contribution in [0.1, 0.15) is 16.8 Å². The maximum atomic E-state index is 12.5. The van der Waals surface area contributed by atoms with Crippen LogP contribution in [-0.2, 0) is 4.79 Å². The summed E-state index contributed by atoms with van der Waals surface area (Å²) < 4.78 is 5.30. The van der Waals surface area contributed by atoms with Gasteiger partial charge in [-0.1, -0.05) is 24.3 Å². The van der Waals surface area contributed by atoms with Gasteiger partial charge in [0.2, 0.25) is 0 Å². The van der Waals surface area contributed by atoms with Crippen molar-refractivity contribution in [2.24, 2.45) is 0 Å². The molecule has 2 aromatic carbocycles. The van der Waals surface area contributed by atoms with Gasteiger partial charge in [-0.15, -0.1) is 0 Å². The highest BCUT2D eigenvalue weighted by molar-refractivity contribution is 6.08. The van der Waals surface area contributed by atoms with Crippen molar-refractivity contribution in [1.29, 1.82) is 0 Å². The summed E-state index contributed by atoms with van der Waals surface area (Å²) in [7, 11) is 3.19. The van der Waals surface area contributed by atoms with E-state index in [0.29, 0.717) is 11.3 Å². The highest BCUT2D eigenvalue weighted by Crippen LogP contribution is 2.28. The third-order valence-electron chi connectivity index (χ3n) is 3.34. The Morgan fingerprint density at radius 1 is 1.14 bits per heavy atom. The van der Waals surface area contributed by atoms with Crippen LogP contribution in [0.2, 0.25) is 0 Å². The molecular formula is C16H17NO4. The first-order chi connectivity index (χ1) is 10.0. The van der Waals surface area contributed by atoms with Crippen LogP contribution < -0.4 is 4.74 Å². The number of methoxy groups -OCH3 is 1. The van der Waals surface area contributed by atoms with Gasteiger partial charge < -0.3 is 14.7 Å². The van der Waals surface area contributed by atoms with Crippen molar-refractivity contribution >= 4 is 22.6 Å². The Balaban J connectivity index is 2.38. The van der Waals surface area contributed by atoms with E-state index in [4.69, 9.17) is 9.84 Å². The predicted molar refractivity (Wildman–Crippen MR) is 79.7 cm³/mol. The summed E-state index contributed by atoms with van der Waals surface area (Å²) in [6, 6.07) is 10.9. The summed E-state index contributed by atoms with van der Waals surface area (Å²) in [5, 5.41) is 10.4. The molecule has 21 heavy (non-hydrogen) atoms. The molecule has 110 valence electrons. The summed E-state index contributed by atoms with van der Waals surface area (Å²) in [5.41, 5.74) is 0.541. The average molecular weight is 287 g/mol. The van der Waals surface area contributed by atoms with Gasteiger partial charge in [0.05, 0.1) is 13.5 Å². The standard InChI is InChI=1S/C16H17NO4/c1-17(10-9-15(18)19)16(20)13-7-8-14(21-2)12-6-4-3-5-11(12)13/h3-8H,9-10H2,1-2H3,(H,18,19). The van der Waals surface area contributed by atoms with Gasteiger partial charge >= 0.3 is 5.97 Å². The Bertz CT molecular complexity index is 681. The van der Waals surface area contributed by atoms with Crippen molar-refractivity contribution in [3.8, 4) is 5.75 Å². The van der Waals surface area contributed by atoms with E-state index in [-0.39, 0.29) is 18.9 Å². The largest absolute Gasteiger partial charge is 0.496 e. The van der Waals surface area contributed by atoms with Crippen LogP contribution >= 0.6 is 0 Å². The Morgan fingerprint density at radius 3 is 2.43 bits per heavy atom. The lowest BCUT2D eigenvalue weighted by Gasteiger charge is -2.18. The number of aliphatic carboxylic acids is 1. The Morgan fingerprint density at radius 2 is 1.81 bits per heavy atom. The number of benzene rings is 2. The van der Waals surface area contributed by atoms with E-state index in [1.807, 2.05) is 24.3 Å². The molecule has 0 aromatic heterocycles. The van der Waals surface area contributed by atoms with Gasteiger partial charge in [-0.05, 0) is 17.5 Å². The highest BCUT2D eigenvalue weighted by Gasteiger charge is 2.16. The predicted octanol–water partition coefficient (Wildman–Crippen LogP) is 2.40. The molecule has 2 aromatic rings. The highest BCUT2D eigenvalue weighted by atomic mass is 16.5. The first-order valence-corrected chi connectivity index (χ1v) is 6.57. The molecule has 1 N–H and O–H groups in total. The Kier molecular flexibility index (Phi) is 4.42. The number of ether oxygens (including phenoxy) is 1. The van der Waals surface area contributed by atoms with E-state index in [9.17, 15) is 9.59 Å². The normalized spacial score (nSPS) is 10.4. The second-order valence-corrected chi connectivity index (χ2v) is 4.73. The number of amides is 1. The van der Waals surface area contributed by atoms with Crippen molar-refractivity contribution in [1.82, 2.24) is 4.90 Å². The Labute approximate surface area is 122 Å². The second-order valence-electron chi connectivity index (χ2n) is 4.73. The van der Waals surface area contributed by atoms with Gasteiger partial charge in [-0.2, -0.15) is 0 Å². The molecular weight excluding hydrogens is 270 g/mol. The van der Waals surface area contributed by atoms with Crippen molar-refractivity contribution in [2.45, 2.75) is 6.42 Å². The quantitative estimate of drug-likeness (QED) is 0.917. The van der Waals surface area contributed by atoms with E-state index in [2.05, 4.69) is 0 Å². The minimum atomic E-state index is -0.922. The molecule has 0 radical (unpaired) electrons. The number of carboxylic acids is 1. The summed E-state index contributed by atoms with van der Waals surface area (Å²) in [6.07, 6.45) is -0.0731. The zero-order chi connectivity index (χ0) is 15.4. The number of carbonyl (C=O) groups is 2. The molecule has 0 heterocycles. The molecule has 0 saturated carbocycles. The van der Waals surface area contributed by atoms with Crippen LogP contribution in [0, 0.1) is 0 Å². The number of hydrogen-bond donors (Lipinski definition) is 1. The molecule has 1 amide bonds. The van der Waals surface area contributed by atoms with Crippen molar-refractivity contribution < 1.29 is 19.4 Å². The van der Waals surface area contributed by atoms with Crippen LogP contribution in [0.15, 0.2) is 36.4 Å². The molecule has 0 atom stereocenters. The molecule has 0 spiro atoms. The summed E-state index contributed by atoms with van der Waals surface area (Å²) in [4.78, 5) is 24.5. The van der Waals surface area contributed by atoms with Gasteiger partial charge in [-0.25, -0.2) is 0 Å². The summed E-state index contributed by atoms with van der Waals surface area (Å²) >= 11 is 0.